The molecule has 1 aromatic heterocycles. The molecule has 0 spiro atoms. The molecule has 2 rings (SSSR count). The van der Waals surface area contributed by atoms with Crippen LogP contribution in [-0.4, -0.2) is 15.0 Å². The van der Waals surface area contributed by atoms with Crippen LogP contribution in [0.3, 0.4) is 0 Å². The number of hydrogen-bond acceptors (Lipinski definition) is 2. The fourth-order valence-electron chi connectivity index (χ4n) is 1.27. The van der Waals surface area contributed by atoms with Gasteiger partial charge in [0, 0.05) is 24.2 Å². The molecule has 1 heterocycles. The summed E-state index contributed by atoms with van der Waals surface area (Å²) < 4.78 is 1.70. The lowest BCUT2D eigenvalue weighted by molar-refractivity contribution is 0.108. The molecule has 0 aliphatic rings. The molecule has 0 saturated heterocycles. The predicted molar refractivity (Wildman–Crippen MR) is 73.6 cm³/mol. The number of carbonyl (C=O) groups is 1. The monoisotopic (exact) mass is 254 g/mol. The molecule has 0 saturated carbocycles. The van der Waals surface area contributed by atoms with Crippen molar-refractivity contribution in [2.75, 3.05) is 0 Å². The van der Waals surface area contributed by atoms with Gasteiger partial charge >= 0.3 is 0 Å². The molecule has 0 unspecified atom stereocenters. The molecule has 4 heteroatoms. The summed E-state index contributed by atoms with van der Waals surface area (Å²) in [6.45, 7) is 8.00. The maximum atomic E-state index is 10.8. The minimum atomic E-state index is -0.439. The summed E-state index contributed by atoms with van der Waals surface area (Å²) in [6, 6.07) is 5.19. The number of fused-ring (bicyclic) bond motifs is 1. The second-order valence-corrected chi connectivity index (χ2v) is 3.19. The Hall–Kier alpha value is -1.35. The summed E-state index contributed by atoms with van der Waals surface area (Å²) in [7, 11) is 1.84. The van der Waals surface area contributed by atoms with Gasteiger partial charge in [-0.15, -0.1) is 0 Å². The van der Waals surface area contributed by atoms with E-state index in [0.717, 1.165) is 10.9 Å². The maximum Gasteiger partial charge on any atom is 0.252 e. The minimum absolute atomic E-state index is 0.439. The summed E-state index contributed by atoms with van der Waals surface area (Å²) >= 11 is 5.34. The number of nitrogens with zero attached hydrogens (tertiary/aromatic N) is 2. The largest absolute Gasteiger partial charge is 0.276 e. The van der Waals surface area contributed by atoms with Gasteiger partial charge in [0.05, 0.1) is 5.52 Å². The molecule has 0 aliphatic heterocycles. The van der Waals surface area contributed by atoms with Crippen LogP contribution in [0.4, 0.5) is 0 Å². The first-order valence-electron chi connectivity index (χ1n) is 5.80. The number of rotatable bonds is 1. The molecule has 1 aromatic carbocycles. The van der Waals surface area contributed by atoms with Crippen molar-refractivity contribution in [3.63, 3.8) is 0 Å². The van der Waals surface area contributed by atoms with Crippen molar-refractivity contribution < 1.29 is 4.79 Å². The molecule has 17 heavy (non-hydrogen) atoms. The summed E-state index contributed by atoms with van der Waals surface area (Å²) in [5, 5.41) is 4.66. The van der Waals surface area contributed by atoms with E-state index in [9.17, 15) is 4.79 Å². The van der Waals surface area contributed by atoms with Gasteiger partial charge in [0.25, 0.3) is 5.24 Å². The van der Waals surface area contributed by atoms with Crippen LogP contribution in [0.15, 0.2) is 24.4 Å². The van der Waals surface area contributed by atoms with Crippen molar-refractivity contribution in [3.8, 4) is 0 Å². The number of aryl methyl sites for hydroxylation is 1. The van der Waals surface area contributed by atoms with Crippen LogP contribution < -0.4 is 0 Å². The van der Waals surface area contributed by atoms with Gasteiger partial charge in [0.2, 0.25) is 0 Å². The van der Waals surface area contributed by atoms with Crippen molar-refractivity contribution >= 4 is 27.7 Å². The lowest BCUT2D eigenvalue weighted by atomic mass is 10.2. The van der Waals surface area contributed by atoms with Crippen LogP contribution >= 0.6 is 11.6 Å². The Morgan fingerprint density at radius 2 is 1.82 bits per heavy atom. The van der Waals surface area contributed by atoms with E-state index >= 15 is 0 Å². The Bertz CT molecular complexity index is 477. The zero-order chi connectivity index (χ0) is 13.4. The Balaban J connectivity index is 0.000000581. The third-order valence-electron chi connectivity index (χ3n) is 1.85. The summed E-state index contributed by atoms with van der Waals surface area (Å²) in [4.78, 5) is 10.8. The highest BCUT2D eigenvalue weighted by molar-refractivity contribution is 6.67. The highest BCUT2D eigenvalue weighted by Gasteiger charge is 2.04. The second kappa shape index (κ2) is 7.85. The highest BCUT2D eigenvalue weighted by Crippen LogP contribution is 2.15. The van der Waals surface area contributed by atoms with E-state index < -0.39 is 5.24 Å². The van der Waals surface area contributed by atoms with Crippen LogP contribution in [0.1, 0.15) is 38.1 Å². The van der Waals surface area contributed by atoms with E-state index in [4.69, 9.17) is 11.6 Å². The van der Waals surface area contributed by atoms with Crippen molar-refractivity contribution in [3.05, 3.63) is 30.0 Å². The van der Waals surface area contributed by atoms with Gasteiger partial charge in [0.1, 0.15) is 0 Å². The molecular formula is C13H19ClN2O. The molecule has 2 aromatic rings. The number of aromatic nitrogens is 2. The van der Waals surface area contributed by atoms with Crippen LogP contribution in [0.5, 0.6) is 0 Å². The van der Waals surface area contributed by atoms with Crippen molar-refractivity contribution in [1.82, 2.24) is 9.78 Å². The van der Waals surface area contributed by atoms with Crippen LogP contribution in [-0.2, 0) is 7.05 Å². The SMILES string of the molecule is CC.CC.Cn1cc2cc(C(=O)Cl)ccc2n1. The first kappa shape index (κ1) is 15.7. The van der Waals surface area contributed by atoms with Crippen molar-refractivity contribution in [2.45, 2.75) is 27.7 Å². The normalized spacial score (nSPS) is 8.82. The zero-order valence-electron chi connectivity index (χ0n) is 11.0. The lowest BCUT2D eigenvalue weighted by Crippen LogP contribution is -1.86. The topological polar surface area (TPSA) is 34.9 Å². The molecule has 0 N–H and O–H groups in total. The summed E-state index contributed by atoms with van der Waals surface area (Å²) in [5.74, 6) is 0. The first-order chi connectivity index (χ1) is 8.16. The van der Waals surface area contributed by atoms with E-state index in [0.29, 0.717) is 5.56 Å². The van der Waals surface area contributed by atoms with Crippen molar-refractivity contribution in [2.24, 2.45) is 7.05 Å². The predicted octanol–water partition coefficient (Wildman–Crippen LogP) is 4.00. The molecule has 94 valence electrons. The third kappa shape index (κ3) is 4.19. The smallest absolute Gasteiger partial charge is 0.252 e. The van der Waals surface area contributed by atoms with E-state index in [1.165, 1.54) is 0 Å². The van der Waals surface area contributed by atoms with Gasteiger partial charge in [-0.2, -0.15) is 5.10 Å². The van der Waals surface area contributed by atoms with E-state index in [2.05, 4.69) is 5.10 Å². The molecule has 0 bridgehead atoms. The average Bonchev–Trinajstić information content (AvgIpc) is 2.73. The van der Waals surface area contributed by atoms with Gasteiger partial charge in [-0.3, -0.25) is 9.48 Å². The molecular weight excluding hydrogens is 236 g/mol. The van der Waals surface area contributed by atoms with Crippen molar-refractivity contribution in [1.29, 1.82) is 0 Å². The van der Waals surface area contributed by atoms with Gasteiger partial charge in [0.15, 0.2) is 0 Å². The summed E-state index contributed by atoms with van der Waals surface area (Å²) in [5.41, 5.74) is 1.37. The number of hydrogen-bond donors (Lipinski definition) is 0. The molecule has 0 radical (unpaired) electrons. The Kier molecular flexibility index (Phi) is 7.22. The highest BCUT2D eigenvalue weighted by atomic mass is 35.5. The Morgan fingerprint density at radius 1 is 1.24 bits per heavy atom. The number of benzene rings is 1. The van der Waals surface area contributed by atoms with Gasteiger partial charge < -0.3 is 0 Å². The van der Waals surface area contributed by atoms with E-state index in [1.807, 2.05) is 40.9 Å². The van der Waals surface area contributed by atoms with Crippen LogP contribution in [0.25, 0.3) is 10.9 Å². The zero-order valence-corrected chi connectivity index (χ0v) is 11.7. The van der Waals surface area contributed by atoms with Gasteiger partial charge in [-0.25, -0.2) is 0 Å². The Morgan fingerprint density at radius 3 is 2.35 bits per heavy atom. The maximum absolute atomic E-state index is 10.8. The average molecular weight is 255 g/mol. The van der Waals surface area contributed by atoms with E-state index in [-0.39, 0.29) is 0 Å². The summed E-state index contributed by atoms with van der Waals surface area (Å²) in [6.07, 6.45) is 1.85. The number of carbonyl (C=O) groups excluding carboxylic acids is 1. The third-order valence-corrected chi connectivity index (χ3v) is 2.06. The minimum Gasteiger partial charge on any atom is -0.276 e. The quantitative estimate of drug-likeness (QED) is 0.721. The second-order valence-electron chi connectivity index (χ2n) is 2.85. The van der Waals surface area contributed by atoms with Gasteiger partial charge in [-0.1, -0.05) is 27.7 Å². The number of halogens is 1. The first-order valence-corrected chi connectivity index (χ1v) is 6.18. The van der Waals surface area contributed by atoms with Crippen LogP contribution in [0, 0.1) is 0 Å². The molecule has 0 fully saturated rings. The Labute approximate surface area is 107 Å². The molecule has 0 amide bonds. The molecule has 0 atom stereocenters. The standard InChI is InChI=1S/C9H7ClN2O.2C2H6/c1-12-5-7-4-6(9(10)13)2-3-8(7)11-12;2*1-2/h2-5H,1H3;2*1-2H3. The fraction of sp³-hybridized carbons (Fsp3) is 0.385. The van der Waals surface area contributed by atoms with E-state index in [1.54, 1.807) is 22.9 Å². The fourth-order valence-corrected chi connectivity index (χ4v) is 1.39. The molecule has 3 nitrogen and oxygen atoms in total. The van der Waals surface area contributed by atoms with Gasteiger partial charge in [-0.05, 0) is 29.8 Å². The molecule has 0 aliphatic carbocycles. The van der Waals surface area contributed by atoms with Crippen LogP contribution in [0.2, 0.25) is 0 Å². The lowest BCUT2D eigenvalue weighted by Gasteiger charge is -1.91.